The van der Waals surface area contributed by atoms with Crippen LogP contribution in [0.1, 0.15) is 12.5 Å². The largest absolute Gasteiger partial charge is 0.457 e. The third-order valence-corrected chi connectivity index (χ3v) is 6.77. The summed E-state index contributed by atoms with van der Waals surface area (Å²) in [6, 6.07) is 22.9. The molecule has 0 aliphatic carbocycles. The van der Waals surface area contributed by atoms with Gasteiger partial charge in [-0.25, -0.2) is 19.6 Å². The van der Waals surface area contributed by atoms with Crippen molar-refractivity contribution in [2.45, 2.75) is 12.5 Å². The van der Waals surface area contributed by atoms with Crippen LogP contribution in [0.25, 0.3) is 22.3 Å². The number of hydrogen-bond acceptors (Lipinski definition) is 8. The van der Waals surface area contributed by atoms with Gasteiger partial charge in [-0.05, 0) is 55.0 Å². The fourth-order valence-corrected chi connectivity index (χ4v) is 4.80. The van der Waals surface area contributed by atoms with E-state index in [1.54, 1.807) is 12.3 Å². The van der Waals surface area contributed by atoms with E-state index < -0.39 is 0 Å². The summed E-state index contributed by atoms with van der Waals surface area (Å²) in [5.41, 5.74) is 8.54. The van der Waals surface area contributed by atoms with Gasteiger partial charge < -0.3 is 20.7 Å². The molecule has 0 spiro atoms. The number of aromatic nitrogens is 5. The predicted molar refractivity (Wildman–Crippen MR) is 154 cm³/mol. The summed E-state index contributed by atoms with van der Waals surface area (Å²) in [6.07, 6.45) is 7.34. The summed E-state index contributed by atoms with van der Waals surface area (Å²) in [5, 5.41) is 8.81. The Morgan fingerprint density at radius 1 is 1.00 bits per heavy atom. The molecular weight excluding hydrogens is 504 g/mol. The summed E-state index contributed by atoms with van der Waals surface area (Å²) in [5.74, 6) is 2.58. The van der Waals surface area contributed by atoms with Crippen LogP contribution in [-0.4, -0.2) is 55.2 Å². The molecule has 0 bridgehead atoms. The van der Waals surface area contributed by atoms with Gasteiger partial charge in [0.15, 0.2) is 5.65 Å². The first kappa shape index (κ1) is 25.1. The molecule has 4 heterocycles. The minimum Gasteiger partial charge on any atom is -0.457 e. The van der Waals surface area contributed by atoms with Gasteiger partial charge in [-0.3, -0.25) is 4.79 Å². The fraction of sp³-hybridized carbons (Fsp3) is 0.167. The molecule has 40 heavy (non-hydrogen) atoms. The smallest absolute Gasteiger partial charge is 0.246 e. The van der Waals surface area contributed by atoms with Gasteiger partial charge in [-0.1, -0.05) is 30.3 Å². The molecule has 1 saturated heterocycles. The Morgan fingerprint density at radius 2 is 1.80 bits per heavy atom. The predicted octanol–water partition coefficient (Wildman–Crippen LogP) is 4.70. The zero-order valence-electron chi connectivity index (χ0n) is 21.7. The Kier molecular flexibility index (Phi) is 7.04. The molecular formula is C30H28N8O2. The summed E-state index contributed by atoms with van der Waals surface area (Å²) in [7, 11) is 0. The van der Waals surface area contributed by atoms with E-state index >= 15 is 0 Å². The minimum atomic E-state index is -0.0369. The van der Waals surface area contributed by atoms with Crippen molar-refractivity contribution in [1.82, 2.24) is 29.6 Å². The van der Waals surface area contributed by atoms with E-state index in [0.29, 0.717) is 42.2 Å². The van der Waals surface area contributed by atoms with Crippen LogP contribution in [0.3, 0.4) is 0 Å². The number of benzene rings is 2. The number of fused-ring (bicyclic) bond motifs is 1. The number of nitrogens with one attached hydrogen (secondary N) is 1. The van der Waals surface area contributed by atoms with Crippen LogP contribution in [0, 0.1) is 0 Å². The summed E-state index contributed by atoms with van der Waals surface area (Å²) in [4.78, 5) is 27.6. The molecule has 1 aliphatic rings. The average molecular weight is 533 g/mol. The second-order valence-corrected chi connectivity index (χ2v) is 9.42. The average Bonchev–Trinajstić information content (AvgIpc) is 3.63. The number of amides is 1. The quantitative estimate of drug-likeness (QED) is 0.276. The minimum absolute atomic E-state index is 0.0322. The SMILES string of the molecule is Nc1ncnc2c1c(-c1ccc(Oc3ccccc3)cc1)nn2[C@@H]1CCN(C(=O)/C=C/CNc2ccccn2)C1. The number of ether oxygens (including phenoxy) is 1. The fourth-order valence-electron chi connectivity index (χ4n) is 4.80. The van der Waals surface area contributed by atoms with Crippen molar-refractivity contribution in [2.24, 2.45) is 0 Å². The number of nitrogens with zero attached hydrogens (tertiary/aromatic N) is 6. The van der Waals surface area contributed by atoms with Gasteiger partial charge in [0.1, 0.15) is 35.2 Å². The van der Waals surface area contributed by atoms with Crippen molar-refractivity contribution in [3.8, 4) is 22.8 Å². The third-order valence-electron chi connectivity index (χ3n) is 6.77. The maximum atomic E-state index is 12.8. The van der Waals surface area contributed by atoms with Crippen LogP contribution in [0.5, 0.6) is 11.5 Å². The summed E-state index contributed by atoms with van der Waals surface area (Å²) in [6.45, 7) is 1.67. The summed E-state index contributed by atoms with van der Waals surface area (Å²) >= 11 is 0. The number of rotatable bonds is 8. The lowest BCUT2D eigenvalue weighted by atomic mass is 10.1. The summed E-state index contributed by atoms with van der Waals surface area (Å²) < 4.78 is 7.82. The van der Waals surface area contributed by atoms with E-state index in [4.69, 9.17) is 15.6 Å². The molecule has 0 radical (unpaired) electrons. The third kappa shape index (κ3) is 5.32. The Morgan fingerprint density at radius 3 is 2.60 bits per heavy atom. The number of para-hydroxylation sites is 1. The van der Waals surface area contributed by atoms with Gasteiger partial charge in [0, 0.05) is 37.5 Å². The van der Waals surface area contributed by atoms with Crippen LogP contribution in [0.2, 0.25) is 0 Å². The monoisotopic (exact) mass is 532 g/mol. The first-order valence-electron chi connectivity index (χ1n) is 13.1. The van der Waals surface area contributed by atoms with E-state index in [0.717, 1.165) is 29.3 Å². The highest BCUT2D eigenvalue weighted by Crippen LogP contribution is 2.35. The lowest BCUT2D eigenvalue weighted by Gasteiger charge is -2.15. The molecule has 6 rings (SSSR count). The number of pyridine rings is 1. The Labute approximate surface area is 231 Å². The van der Waals surface area contributed by atoms with E-state index in [-0.39, 0.29) is 11.9 Å². The topological polar surface area (TPSA) is 124 Å². The molecule has 10 nitrogen and oxygen atoms in total. The Bertz CT molecular complexity index is 1640. The molecule has 2 aromatic carbocycles. The molecule has 0 saturated carbocycles. The number of likely N-dealkylation sites (tertiary alicyclic amines) is 1. The molecule has 200 valence electrons. The standard InChI is InChI=1S/C30H28N8O2/c31-29-27-28(21-11-13-24(14-12-21)40-23-7-2-1-3-8-23)36-38(30(27)35-20-34-29)22-15-18-37(19-22)26(39)10-6-17-33-25-9-4-5-16-32-25/h1-14,16,20,22H,15,17-19H2,(H,32,33)(H2,31,34,35)/b10-6+/t22-/m1/s1. The molecule has 3 aromatic heterocycles. The van der Waals surface area contributed by atoms with E-state index in [1.165, 1.54) is 6.33 Å². The van der Waals surface area contributed by atoms with Crippen molar-refractivity contribution in [2.75, 3.05) is 30.7 Å². The highest BCUT2D eigenvalue weighted by atomic mass is 16.5. The maximum Gasteiger partial charge on any atom is 0.246 e. The number of hydrogen-bond donors (Lipinski definition) is 2. The van der Waals surface area contributed by atoms with Crippen LogP contribution in [0.4, 0.5) is 11.6 Å². The number of carbonyl (C=O) groups is 1. The molecule has 1 aliphatic heterocycles. The van der Waals surface area contributed by atoms with Crippen molar-refractivity contribution < 1.29 is 9.53 Å². The van der Waals surface area contributed by atoms with Crippen LogP contribution in [0.15, 0.2) is 97.5 Å². The van der Waals surface area contributed by atoms with Crippen LogP contribution < -0.4 is 15.8 Å². The highest BCUT2D eigenvalue weighted by Gasteiger charge is 2.30. The maximum absolute atomic E-state index is 12.8. The van der Waals surface area contributed by atoms with Gasteiger partial charge in [-0.2, -0.15) is 5.10 Å². The van der Waals surface area contributed by atoms with Crippen molar-refractivity contribution in [3.05, 3.63) is 97.5 Å². The number of carbonyl (C=O) groups excluding carboxylic acids is 1. The number of anilines is 2. The van der Waals surface area contributed by atoms with Crippen molar-refractivity contribution in [1.29, 1.82) is 0 Å². The first-order chi connectivity index (χ1) is 19.7. The van der Waals surface area contributed by atoms with E-state index in [1.807, 2.05) is 88.5 Å². The second kappa shape index (κ2) is 11.2. The van der Waals surface area contributed by atoms with Gasteiger partial charge in [0.2, 0.25) is 5.91 Å². The van der Waals surface area contributed by atoms with Gasteiger partial charge >= 0.3 is 0 Å². The Balaban J connectivity index is 1.18. The zero-order chi connectivity index (χ0) is 27.3. The molecule has 1 fully saturated rings. The molecule has 1 atom stereocenters. The van der Waals surface area contributed by atoms with Gasteiger partial charge in [0.05, 0.1) is 11.4 Å². The zero-order valence-corrected chi connectivity index (χ0v) is 21.7. The molecule has 1 amide bonds. The second-order valence-electron chi connectivity index (χ2n) is 9.42. The van der Waals surface area contributed by atoms with Crippen molar-refractivity contribution in [3.63, 3.8) is 0 Å². The van der Waals surface area contributed by atoms with E-state index in [9.17, 15) is 4.79 Å². The van der Waals surface area contributed by atoms with Crippen molar-refractivity contribution >= 4 is 28.6 Å². The van der Waals surface area contributed by atoms with Gasteiger partial charge in [-0.15, -0.1) is 0 Å². The van der Waals surface area contributed by atoms with Gasteiger partial charge in [0.25, 0.3) is 0 Å². The first-order valence-corrected chi connectivity index (χ1v) is 13.1. The number of nitrogens with two attached hydrogens (primary N) is 1. The number of nitrogen functional groups attached to an aromatic ring is 1. The van der Waals surface area contributed by atoms with Crippen LogP contribution >= 0.6 is 0 Å². The lowest BCUT2D eigenvalue weighted by Crippen LogP contribution is -2.27. The highest BCUT2D eigenvalue weighted by molar-refractivity contribution is 5.98. The van der Waals surface area contributed by atoms with E-state index in [2.05, 4.69) is 20.3 Å². The molecule has 10 heteroatoms. The Hall–Kier alpha value is -5.25. The molecule has 5 aromatic rings. The molecule has 0 unspecified atom stereocenters. The normalized spacial score (nSPS) is 15.1. The lowest BCUT2D eigenvalue weighted by molar-refractivity contribution is -0.125. The molecule has 3 N–H and O–H groups in total. The van der Waals surface area contributed by atoms with Crippen LogP contribution in [-0.2, 0) is 4.79 Å².